The van der Waals surface area contributed by atoms with Crippen LogP contribution in [0.25, 0.3) is 33.4 Å². The SMILES string of the molecule is C=CCOc1c(C(C)(C)C)cc(OC)cc1[Si](C)(C)C1c2cc(-c3ccc(CCCC)cc3)ccc2-c2ccc(-c3ccc(CCCC)cc3)cc21. The third kappa shape index (κ3) is 7.57. The first-order valence-electron chi connectivity index (χ1n) is 19.4. The van der Waals surface area contributed by atoms with Crippen molar-refractivity contribution in [3.63, 3.8) is 0 Å². The summed E-state index contributed by atoms with van der Waals surface area (Å²) in [4.78, 5) is 0. The summed E-state index contributed by atoms with van der Waals surface area (Å²) in [5, 5.41) is 1.29. The zero-order valence-corrected chi connectivity index (χ0v) is 33.9. The van der Waals surface area contributed by atoms with Crippen molar-refractivity contribution >= 4 is 13.3 Å². The number of aryl methyl sites for hydroxylation is 2. The van der Waals surface area contributed by atoms with Gasteiger partial charge in [-0.15, -0.1) is 0 Å². The average Bonchev–Trinajstić information content (AvgIpc) is 3.48. The maximum Gasteiger partial charge on any atom is 0.123 e. The van der Waals surface area contributed by atoms with E-state index >= 15 is 0 Å². The van der Waals surface area contributed by atoms with E-state index in [9.17, 15) is 0 Å². The summed E-state index contributed by atoms with van der Waals surface area (Å²) in [5.74, 6) is 1.89. The molecule has 0 aromatic heterocycles. The van der Waals surface area contributed by atoms with E-state index in [1.807, 2.05) is 6.08 Å². The van der Waals surface area contributed by atoms with Gasteiger partial charge in [0.1, 0.15) is 18.1 Å². The Hall–Kier alpha value is -4.34. The van der Waals surface area contributed by atoms with Gasteiger partial charge in [-0.2, -0.15) is 0 Å². The number of rotatable bonds is 14. The highest BCUT2D eigenvalue weighted by Gasteiger charge is 2.45. The Morgan fingerprint density at radius 3 is 1.58 bits per heavy atom. The number of benzene rings is 5. The van der Waals surface area contributed by atoms with Crippen LogP contribution < -0.4 is 14.7 Å². The van der Waals surface area contributed by atoms with Crippen molar-refractivity contribution in [2.45, 2.75) is 97.2 Å². The normalized spacial score (nSPS) is 12.8. The molecule has 0 saturated heterocycles. The predicted octanol–water partition coefficient (Wildman–Crippen LogP) is 12.8. The van der Waals surface area contributed by atoms with Gasteiger partial charge >= 0.3 is 0 Å². The highest BCUT2D eigenvalue weighted by molar-refractivity contribution is 6.92. The Labute approximate surface area is 315 Å². The summed E-state index contributed by atoms with van der Waals surface area (Å²) in [6, 6.07) is 37.4. The van der Waals surface area contributed by atoms with Crippen LogP contribution >= 0.6 is 0 Å². The molecular formula is C49H58O2Si. The van der Waals surface area contributed by atoms with Crippen molar-refractivity contribution < 1.29 is 9.47 Å². The molecule has 0 radical (unpaired) electrons. The van der Waals surface area contributed by atoms with Crippen LogP contribution in [0.3, 0.4) is 0 Å². The first-order valence-corrected chi connectivity index (χ1v) is 22.5. The molecule has 0 amide bonds. The lowest BCUT2D eigenvalue weighted by Crippen LogP contribution is -2.49. The molecule has 270 valence electrons. The monoisotopic (exact) mass is 706 g/mol. The van der Waals surface area contributed by atoms with Gasteiger partial charge in [0.05, 0.1) is 15.2 Å². The molecule has 0 bridgehead atoms. The number of hydrogen-bond donors (Lipinski definition) is 0. The smallest absolute Gasteiger partial charge is 0.123 e. The number of unbranched alkanes of at least 4 members (excludes halogenated alkanes) is 2. The second kappa shape index (κ2) is 15.7. The molecule has 3 heteroatoms. The largest absolute Gasteiger partial charge is 0.497 e. The van der Waals surface area contributed by atoms with E-state index < -0.39 is 8.07 Å². The third-order valence-corrected chi connectivity index (χ3v) is 14.9. The lowest BCUT2D eigenvalue weighted by Gasteiger charge is -2.36. The Morgan fingerprint density at radius 1 is 0.673 bits per heavy atom. The molecule has 5 aromatic carbocycles. The van der Waals surface area contributed by atoms with E-state index in [0.717, 1.165) is 24.3 Å². The van der Waals surface area contributed by atoms with E-state index in [1.54, 1.807) is 7.11 Å². The van der Waals surface area contributed by atoms with Crippen LogP contribution in [0.2, 0.25) is 13.1 Å². The van der Waals surface area contributed by atoms with Gasteiger partial charge in [0.2, 0.25) is 0 Å². The van der Waals surface area contributed by atoms with Crippen molar-refractivity contribution in [3.8, 4) is 44.9 Å². The molecule has 0 atom stereocenters. The van der Waals surface area contributed by atoms with E-state index in [0.29, 0.717) is 6.61 Å². The minimum atomic E-state index is -2.44. The highest BCUT2D eigenvalue weighted by Crippen LogP contribution is 2.52. The van der Waals surface area contributed by atoms with Gasteiger partial charge in [-0.1, -0.05) is 158 Å². The third-order valence-electron chi connectivity index (χ3n) is 11.1. The van der Waals surface area contributed by atoms with Crippen LogP contribution in [0.1, 0.15) is 93.7 Å². The molecule has 6 rings (SSSR count). The molecule has 2 nitrogen and oxygen atoms in total. The standard InChI is InChI=1S/C49H58O2Si/c1-10-13-15-34-17-21-36(22-18-34)38-25-27-41-42-28-26-39(37-23-19-35(20-24-37)16-14-11-2)31-44(42)48(43(41)30-38)52(8,9)46-33-40(50-7)32-45(49(4,5)6)47(46)51-29-12-3/h12,17-28,30-33,48H,3,10-11,13-16,29H2,1-2,4-9H3. The molecule has 0 aliphatic heterocycles. The minimum Gasteiger partial charge on any atom is -0.497 e. The second-order valence-corrected chi connectivity index (χ2v) is 20.8. The summed E-state index contributed by atoms with van der Waals surface area (Å²) >= 11 is 0. The molecule has 1 aliphatic carbocycles. The molecular weight excluding hydrogens is 649 g/mol. The first-order chi connectivity index (χ1) is 25.0. The van der Waals surface area contributed by atoms with E-state index in [1.165, 1.54) is 92.1 Å². The summed E-state index contributed by atoms with van der Waals surface area (Å²) in [6.07, 6.45) is 9.00. The van der Waals surface area contributed by atoms with Crippen LogP contribution in [0, 0.1) is 0 Å². The van der Waals surface area contributed by atoms with Crippen LogP contribution in [0.15, 0.2) is 110 Å². The summed E-state index contributed by atoms with van der Waals surface area (Å²) in [6.45, 7) is 20.8. The van der Waals surface area contributed by atoms with Crippen LogP contribution in [0.5, 0.6) is 11.5 Å². The maximum atomic E-state index is 6.69. The van der Waals surface area contributed by atoms with Gasteiger partial charge in [0.15, 0.2) is 0 Å². The minimum absolute atomic E-state index is 0.136. The van der Waals surface area contributed by atoms with Gasteiger partial charge in [0, 0.05) is 11.1 Å². The number of fused-ring (bicyclic) bond motifs is 3. The fourth-order valence-corrected chi connectivity index (χ4v) is 11.7. The zero-order valence-electron chi connectivity index (χ0n) is 32.9. The average molecular weight is 707 g/mol. The van der Waals surface area contributed by atoms with Gasteiger partial charge in [-0.3, -0.25) is 0 Å². The molecule has 1 aliphatic rings. The molecule has 0 fully saturated rings. The van der Waals surface area contributed by atoms with Crippen molar-refractivity contribution in [2.24, 2.45) is 0 Å². The van der Waals surface area contributed by atoms with E-state index in [-0.39, 0.29) is 11.0 Å². The first kappa shape index (κ1) is 37.4. The van der Waals surface area contributed by atoms with Crippen LogP contribution in [0.4, 0.5) is 0 Å². The lowest BCUT2D eigenvalue weighted by molar-refractivity contribution is 0.351. The Balaban J connectivity index is 1.54. The van der Waals surface area contributed by atoms with E-state index in [4.69, 9.17) is 9.47 Å². The number of hydrogen-bond acceptors (Lipinski definition) is 2. The van der Waals surface area contributed by atoms with Gasteiger partial charge < -0.3 is 9.47 Å². The molecule has 5 aromatic rings. The van der Waals surface area contributed by atoms with Gasteiger partial charge in [-0.05, 0) is 104 Å². The van der Waals surface area contributed by atoms with Gasteiger partial charge in [0.25, 0.3) is 0 Å². The summed E-state index contributed by atoms with van der Waals surface area (Å²) in [5.41, 5.74) is 14.7. The van der Waals surface area contributed by atoms with E-state index in [2.05, 4.69) is 151 Å². The lowest BCUT2D eigenvalue weighted by atomic mass is 9.86. The van der Waals surface area contributed by atoms with Crippen molar-refractivity contribution in [1.82, 2.24) is 0 Å². The Bertz CT molecular complexity index is 1910. The fourth-order valence-electron chi connectivity index (χ4n) is 8.10. The molecule has 0 unspecified atom stereocenters. The van der Waals surface area contributed by atoms with Crippen LogP contribution in [-0.2, 0) is 18.3 Å². The van der Waals surface area contributed by atoms with Crippen molar-refractivity contribution in [3.05, 3.63) is 138 Å². The maximum absolute atomic E-state index is 6.69. The Kier molecular flexibility index (Phi) is 11.3. The fraction of sp³-hybridized carbons (Fsp3) is 0.347. The summed E-state index contributed by atoms with van der Waals surface area (Å²) in [7, 11) is -0.654. The number of ether oxygens (including phenoxy) is 2. The molecule has 52 heavy (non-hydrogen) atoms. The highest BCUT2D eigenvalue weighted by atomic mass is 28.3. The summed E-state index contributed by atoms with van der Waals surface area (Å²) < 4.78 is 12.7. The van der Waals surface area contributed by atoms with Crippen LogP contribution in [-0.4, -0.2) is 21.8 Å². The molecule has 0 N–H and O–H groups in total. The Morgan fingerprint density at radius 2 is 1.15 bits per heavy atom. The van der Waals surface area contributed by atoms with Gasteiger partial charge in [-0.25, -0.2) is 0 Å². The van der Waals surface area contributed by atoms with Crippen molar-refractivity contribution in [1.29, 1.82) is 0 Å². The predicted molar refractivity (Wildman–Crippen MR) is 226 cm³/mol. The van der Waals surface area contributed by atoms with Crippen molar-refractivity contribution in [2.75, 3.05) is 13.7 Å². The second-order valence-electron chi connectivity index (χ2n) is 16.3. The topological polar surface area (TPSA) is 18.5 Å². The molecule has 0 saturated carbocycles. The number of methoxy groups -OCH3 is 1. The molecule has 0 heterocycles. The zero-order chi connectivity index (χ0) is 37.0. The quantitative estimate of drug-likeness (QED) is 0.0845. The molecule has 0 spiro atoms.